The van der Waals surface area contributed by atoms with Crippen molar-refractivity contribution in [2.24, 2.45) is 16.6 Å². The Balaban J connectivity index is 2.18. The van der Waals surface area contributed by atoms with Gasteiger partial charge in [0.2, 0.25) is 11.8 Å². The summed E-state index contributed by atoms with van der Waals surface area (Å²) in [6, 6.07) is 7.96. The minimum atomic E-state index is -1.12. The van der Waals surface area contributed by atoms with Crippen LogP contribution in [-0.4, -0.2) is 41.4 Å². The molecule has 1 aromatic rings. The molecule has 2 amide bonds. The summed E-state index contributed by atoms with van der Waals surface area (Å²) in [7, 11) is 0. The predicted octanol–water partition coefficient (Wildman–Crippen LogP) is 0.527. The number of guanidine groups is 1. The molecule has 32 heavy (non-hydrogen) atoms. The molecule has 0 spiro atoms. The van der Waals surface area contributed by atoms with Crippen LogP contribution in [0.15, 0.2) is 35.4 Å². The van der Waals surface area contributed by atoms with Crippen LogP contribution >= 0.6 is 0 Å². The third-order valence-electron chi connectivity index (χ3n) is 4.37. The fraction of sp³-hybridized carbons (Fsp3) is 0.500. The Morgan fingerprint density at radius 1 is 1.06 bits per heavy atom. The zero-order valence-corrected chi connectivity index (χ0v) is 17.8. The van der Waals surface area contributed by atoms with E-state index in [0.717, 1.165) is 31.2 Å². The Hall–Kier alpha value is -3.70. The van der Waals surface area contributed by atoms with Gasteiger partial charge in [-0.25, -0.2) is 10.1 Å². The molecule has 0 heterocycles. The van der Waals surface area contributed by atoms with E-state index in [2.05, 4.69) is 15.7 Å². The molecule has 0 aliphatic heterocycles. The number of hydrogen-bond donors (Lipinski definition) is 4. The summed E-state index contributed by atoms with van der Waals surface area (Å²) in [6.07, 6.45) is 3.70. The molecule has 1 atom stereocenters. The average molecular weight is 450 g/mol. The number of rotatable bonds is 15. The van der Waals surface area contributed by atoms with Crippen LogP contribution < -0.4 is 22.1 Å². The maximum Gasteiger partial charge on any atom is 0.308 e. The van der Waals surface area contributed by atoms with Crippen LogP contribution in [0.1, 0.15) is 50.5 Å². The number of carbonyl (C=O) groups is 3. The maximum atomic E-state index is 12.1. The highest BCUT2D eigenvalue weighted by Gasteiger charge is 2.22. The number of carbonyl (C=O) groups excluding carboxylic acids is 3. The van der Waals surface area contributed by atoms with E-state index in [-0.39, 0.29) is 31.3 Å². The third-order valence-corrected chi connectivity index (χ3v) is 4.37. The summed E-state index contributed by atoms with van der Waals surface area (Å²) < 4.78 is 5.12. The first-order valence-electron chi connectivity index (χ1n) is 10.3. The van der Waals surface area contributed by atoms with Crippen LogP contribution in [0.2, 0.25) is 0 Å². The number of amides is 2. The number of esters is 1. The van der Waals surface area contributed by atoms with Gasteiger partial charge in [0.1, 0.15) is 17.8 Å². The summed E-state index contributed by atoms with van der Waals surface area (Å²) in [4.78, 5) is 45.7. The first-order chi connectivity index (χ1) is 15.3. The van der Waals surface area contributed by atoms with Crippen molar-refractivity contribution in [3.63, 3.8) is 0 Å². The first-order valence-corrected chi connectivity index (χ1v) is 10.3. The number of ether oxygens (including phenoxy) is 1. The number of nitro groups is 1. The highest BCUT2D eigenvalue weighted by atomic mass is 16.7. The lowest BCUT2D eigenvalue weighted by Gasteiger charge is -2.15. The summed E-state index contributed by atoms with van der Waals surface area (Å²) in [5.41, 5.74) is 11.4. The minimum absolute atomic E-state index is 0.0732. The number of hydrazone groups is 1. The number of nitrogens with one attached hydrogen (secondary N) is 2. The van der Waals surface area contributed by atoms with Crippen molar-refractivity contribution in [2.75, 3.05) is 6.54 Å². The number of nitrogens with two attached hydrogens (primary N) is 2. The standard InChI is InChI=1S/C20H30N6O6/c21-19(29)16(13-18(28)32-14-15-9-5-4-6-10-15)24-17(27)11-7-2-1-3-8-12-23-20(22)25-26(30)31/h4-6,9-10,16H,1-3,7-8,11-14H2,(H2,21,29)(H,24,27)(H3,22,23,25)/t16-/m0/s1. The zero-order valence-electron chi connectivity index (χ0n) is 17.8. The van der Waals surface area contributed by atoms with E-state index in [1.165, 1.54) is 0 Å². The molecule has 176 valence electrons. The van der Waals surface area contributed by atoms with Crippen molar-refractivity contribution in [1.82, 2.24) is 10.6 Å². The largest absolute Gasteiger partial charge is 0.461 e. The summed E-state index contributed by atoms with van der Waals surface area (Å²) in [5, 5.41) is 17.3. The van der Waals surface area contributed by atoms with Gasteiger partial charge in [-0.15, -0.1) is 0 Å². The molecule has 1 aromatic carbocycles. The molecule has 0 aliphatic carbocycles. The van der Waals surface area contributed by atoms with Crippen LogP contribution in [0.25, 0.3) is 0 Å². The van der Waals surface area contributed by atoms with Gasteiger partial charge in [-0.3, -0.25) is 14.4 Å². The Morgan fingerprint density at radius 2 is 1.72 bits per heavy atom. The highest BCUT2D eigenvalue weighted by Crippen LogP contribution is 2.06. The van der Waals surface area contributed by atoms with Crippen molar-refractivity contribution >= 4 is 23.7 Å². The van der Waals surface area contributed by atoms with Gasteiger partial charge >= 0.3 is 5.97 Å². The molecule has 0 aliphatic rings. The molecular weight excluding hydrogens is 420 g/mol. The van der Waals surface area contributed by atoms with E-state index >= 15 is 0 Å². The predicted molar refractivity (Wildman–Crippen MR) is 116 cm³/mol. The van der Waals surface area contributed by atoms with Crippen molar-refractivity contribution in [3.05, 3.63) is 46.0 Å². The minimum Gasteiger partial charge on any atom is -0.461 e. The van der Waals surface area contributed by atoms with E-state index in [0.29, 0.717) is 13.0 Å². The maximum absolute atomic E-state index is 12.1. The lowest BCUT2D eigenvalue weighted by molar-refractivity contribution is -0.485. The fourth-order valence-electron chi connectivity index (χ4n) is 2.73. The molecule has 0 aromatic heterocycles. The quantitative estimate of drug-likeness (QED) is 0.0742. The van der Waals surface area contributed by atoms with Crippen molar-refractivity contribution in [1.29, 1.82) is 0 Å². The number of unbranched alkanes of at least 4 members (excludes halogenated alkanes) is 4. The number of nitrogens with zero attached hydrogens (tertiary/aromatic N) is 2. The van der Waals surface area contributed by atoms with Crippen LogP contribution in [-0.2, 0) is 25.7 Å². The Bertz CT molecular complexity index is 786. The van der Waals surface area contributed by atoms with E-state index in [1.54, 1.807) is 12.1 Å². The van der Waals surface area contributed by atoms with Gasteiger partial charge in [0.15, 0.2) is 5.03 Å². The smallest absolute Gasteiger partial charge is 0.308 e. The van der Waals surface area contributed by atoms with Gasteiger partial charge in [-0.2, -0.15) is 0 Å². The molecule has 0 radical (unpaired) electrons. The number of primary amides is 1. The lowest BCUT2D eigenvalue weighted by atomic mass is 10.1. The second-order valence-electron chi connectivity index (χ2n) is 7.04. The van der Waals surface area contributed by atoms with Gasteiger partial charge in [0.25, 0.3) is 5.96 Å². The van der Waals surface area contributed by atoms with Crippen LogP contribution in [0.3, 0.4) is 0 Å². The molecule has 0 bridgehead atoms. The average Bonchev–Trinajstić information content (AvgIpc) is 2.73. The molecule has 6 N–H and O–H groups in total. The summed E-state index contributed by atoms with van der Waals surface area (Å²) >= 11 is 0. The molecular formula is C20H30N6O6. The van der Waals surface area contributed by atoms with Crippen molar-refractivity contribution in [3.8, 4) is 0 Å². The van der Waals surface area contributed by atoms with Crippen LogP contribution in [0.5, 0.6) is 0 Å². The van der Waals surface area contributed by atoms with Crippen LogP contribution in [0.4, 0.5) is 0 Å². The van der Waals surface area contributed by atoms with E-state index in [9.17, 15) is 24.5 Å². The topological polar surface area (TPSA) is 192 Å². The van der Waals surface area contributed by atoms with Gasteiger partial charge < -0.3 is 26.8 Å². The lowest BCUT2D eigenvalue weighted by Crippen LogP contribution is -2.45. The number of hydrogen-bond acceptors (Lipinski definition) is 6. The molecule has 0 saturated heterocycles. The normalized spacial score (nSPS) is 11.9. The highest BCUT2D eigenvalue weighted by molar-refractivity contribution is 5.90. The first kappa shape index (κ1) is 26.3. The summed E-state index contributed by atoms with van der Waals surface area (Å²) in [5.74, 6) is -2.03. The van der Waals surface area contributed by atoms with Gasteiger partial charge in [-0.1, -0.05) is 49.6 Å². The SMILES string of the molecule is NC(=O)[C@H](CC(=O)OCc1ccccc1)NC(=O)CCCCCCCN/C(N)=N/[N+](=O)[O-]. The van der Waals surface area contributed by atoms with Gasteiger partial charge in [0.05, 0.1) is 6.42 Å². The van der Waals surface area contributed by atoms with E-state index < -0.39 is 23.0 Å². The second kappa shape index (κ2) is 15.2. The Kier molecular flexibility index (Phi) is 12.5. The monoisotopic (exact) mass is 450 g/mol. The van der Waals surface area contributed by atoms with Crippen molar-refractivity contribution in [2.45, 2.75) is 57.6 Å². The summed E-state index contributed by atoms with van der Waals surface area (Å²) in [6.45, 7) is 0.536. The molecule has 12 nitrogen and oxygen atoms in total. The molecule has 0 unspecified atom stereocenters. The van der Waals surface area contributed by atoms with E-state index in [4.69, 9.17) is 16.2 Å². The number of benzene rings is 1. The molecule has 0 saturated carbocycles. The third kappa shape index (κ3) is 12.8. The molecule has 1 rings (SSSR count). The second-order valence-corrected chi connectivity index (χ2v) is 7.04. The van der Waals surface area contributed by atoms with Gasteiger partial charge in [0, 0.05) is 13.0 Å². The zero-order chi connectivity index (χ0) is 23.8. The van der Waals surface area contributed by atoms with Crippen LogP contribution in [0, 0.1) is 10.1 Å². The van der Waals surface area contributed by atoms with Crippen molar-refractivity contribution < 1.29 is 24.2 Å². The molecule has 0 fully saturated rings. The van der Waals surface area contributed by atoms with Gasteiger partial charge in [-0.05, 0) is 18.4 Å². The Morgan fingerprint density at radius 3 is 2.38 bits per heavy atom. The molecule has 12 heteroatoms. The Labute approximate surface area is 185 Å². The van der Waals surface area contributed by atoms with E-state index in [1.807, 2.05) is 18.2 Å². The fourth-order valence-corrected chi connectivity index (χ4v) is 2.73.